The maximum atomic E-state index is 12.2. The molecule has 2 atom stereocenters. The summed E-state index contributed by atoms with van der Waals surface area (Å²) in [5.74, 6) is 0.727. The molecule has 3 nitrogen and oxygen atoms in total. The van der Waals surface area contributed by atoms with E-state index in [1.54, 1.807) is 6.07 Å². The number of carbonyl (C=O) groups excluding carboxylic acids is 1. The topological polar surface area (TPSA) is 55.1 Å². The molecule has 0 heterocycles. The molecule has 1 amide bonds. The number of rotatable bonds is 2. The molecule has 1 aromatic rings. The fourth-order valence-electron chi connectivity index (χ4n) is 2.71. The molecule has 1 aromatic carbocycles. The van der Waals surface area contributed by atoms with Crippen LogP contribution in [0, 0.1) is 12.8 Å². The first kappa shape index (κ1) is 12.9. The van der Waals surface area contributed by atoms with Gasteiger partial charge in [-0.15, -0.1) is 0 Å². The third kappa shape index (κ3) is 3.03. The van der Waals surface area contributed by atoms with Gasteiger partial charge in [0.05, 0.1) is 0 Å². The van der Waals surface area contributed by atoms with Crippen LogP contribution in [0.2, 0.25) is 0 Å². The van der Waals surface area contributed by atoms with Crippen molar-refractivity contribution >= 4 is 11.6 Å². The van der Waals surface area contributed by atoms with Gasteiger partial charge in [-0.2, -0.15) is 0 Å². The van der Waals surface area contributed by atoms with Crippen LogP contribution >= 0.6 is 0 Å². The van der Waals surface area contributed by atoms with Gasteiger partial charge < -0.3 is 11.1 Å². The first-order valence-electron chi connectivity index (χ1n) is 6.73. The minimum atomic E-state index is 0.0129. The molecule has 98 valence electrons. The van der Waals surface area contributed by atoms with E-state index in [2.05, 4.69) is 12.2 Å². The Morgan fingerprint density at radius 3 is 2.89 bits per heavy atom. The lowest BCUT2D eigenvalue weighted by Gasteiger charge is -2.27. The molecular weight excluding hydrogens is 224 g/mol. The number of nitrogens with two attached hydrogens (primary N) is 1. The van der Waals surface area contributed by atoms with E-state index in [4.69, 9.17) is 5.73 Å². The Labute approximate surface area is 109 Å². The van der Waals surface area contributed by atoms with Crippen LogP contribution in [0.3, 0.4) is 0 Å². The first-order valence-corrected chi connectivity index (χ1v) is 6.73. The molecule has 0 radical (unpaired) electrons. The normalized spacial score (nSPS) is 23.7. The van der Waals surface area contributed by atoms with Gasteiger partial charge in [-0.05, 0) is 43.4 Å². The van der Waals surface area contributed by atoms with Crippen LogP contribution in [0.5, 0.6) is 0 Å². The molecule has 2 unspecified atom stereocenters. The van der Waals surface area contributed by atoms with Crippen molar-refractivity contribution in [2.75, 3.05) is 5.73 Å². The van der Waals surface area contributed by atoms with Crippen molar-refractivity contribution in [3.8, 4) is 0 Å². The van der Waals surface area contributed by atoms with Crippen LogP contribution in [-0.4, -0.2) is 11.9 Å². The molecule has 1 aliphatic rings. The number of aryl methyl sites for hydroxylation is 1. The summed E-state index contributed by atoms with van der Waals surface area (Å²) in [6.07, 6.45) is 4.68. The van der Waals surface area contributed by atoms with E-state index < -0.39 is 0 Å². The quantitative estimate of drug-likeness (QED) is 0.788. The van der Waals surface area contributed by atoms with E-state index in [9.17, 15) is 4.79 Å². The maximum absolute atomic E-state index is 12.2. The van der Waals surface area contributed by atoms with Crippen LogP contribution < -0.4 is 11.1 Å². The molecule has 3 heteroatoms. The molecule has 1 aliphatic carbocycles. The van der Waals surface area contributed by atoms with Gasteiger partial charge in [0.25, 0.3) is 5.91 Å². The number of hydrogen-bond donors (Lipinski definition) is 2. The Kier molecular flexibility index (Phi) is 3.90. The second-order valence-electron chi connectivity index (χ2n) is 5.52. The fraction of sp³-hybridized carbons (Fsp3) is 0.533. The zero-order valence-corrected chi connectivity index (χ0v) is 11.2. The predicted octanol–water partition coefficient (Wildman–Crippen LogP) is 2.89. The van der Waals surface area contributed by atoms with Gasteiger partial charge in [-0.3, -0.25) is 4.79 Å². The Morgan fingerprint density at radius 2 is 2.17 bits per heavy atom. The van der Waals surface area contributed by atoms with Crippen LogP contribution in [0.1, 0.15) is 48.5 Å². The zero-order chi connectivity index (χ0) is 13.1. The Morgan fingerprint density at radius 1 is 1.39 bits per heavy atom. The number of nitrogens with one attached hydrogen (secondary N) is 1. The number of benzene rings is 1. The van der Waals surface area contributed by atoms with Gasteiger partial charge in [-0.25, -0.2) is 0 Å². The first-order chi connectivity index (χ1) is 8.56. The summed E-state index contributed by atoms with van der Waals surface area (Å²) in [5.41, 5.74) is 8.06. The Balaban J connectivity index is 2.05. The fourth-order valence-corrected chi connectivity index (χ4v) is 2.71. The molecule has 2 rings (SSSR count). The van der Waals surface area contributed by atoms with E-state index in [1.807, 2.05) is 19.1 Å². The summed E-state index contributed by atoms with van der Waals surface area (Å²) < 4.78 is 0. The van der Waals surface area contributed by atoms with E-state index in [1.165, 1.54) is 12.8 Å². The lowest BCUT2D eigenvalue weighted by atomic mass is 9.87. The minimum Gasteiger partial charge on any atom is -0.399 e. The number of hydrogen-bond acceptors (Lipinski definition) is 2. The predicted molar refractivity (Wildman–Crippen MR) is 74.5 cm³/mol. The van der Waals surface area contributed by atoms with Gasteiger partial charge in [-0.1, -0.05) is 25.8 Å². The average Bonchev–Trinajstić information content (AvgIpc) is 2.32. The monoisotopic (exact) mass is 246 g/mol. The third-order valence-electron chi connectivity index (χ3n) is 3.78. The van der Waals surface area contributed by atoms with Crippen molar-refractivity contribution in [2.24, 2.45) is 5.92 Å². The summed E-state index contributed by atoms with van der Waals surface area (Å²) in [6.45, 7) is 4.20. The summed E-state index contributed by atoms with van der Waals surface area (Å²) in [4.78, 5) is 12.2. The van der Waals surface area contributed by atoms with Crippen molar-refractivity contribution in [1.29, 1.82) is 0 Å². The van der Waals surface area contributed by atoms with Gasteiger partial charge in [0.2, 0.25) is 0 Å². The van der Waals surface area contributed by atoms with Gasteiger partial charge in [0.1, 0.15) is 0 Å². The molecule has 18 heavy (non-hydrogen) atoms. The lowest BCUT2D eigenvalue weighted by molar-refractivity contribution is 0.0921. The van der Waals surface area contributed by atoms with Crippen LogP contribution in [-0.2, 0) is 0 Å². The average molecular weight is 246 g/mol. The number of amides is 1. The molecule has 0 aromatic heterocycles. The molecular formula is C15H22N2O. The molecule has 1 saturated carbocycles. The third-order valence-corrected chi connectivity index (χ3v) is 3.78. The molecule has 1 fully saturated rings. The van der Waals surface area contributed by atoms with Crippen LogP contribution in [0.25, 0.3) is 0 Å². The second kappa shape index (κ2) is 5.42. The highest BCUT2D eigenvalue weighted by Gasteiger charge is 2.21. The zero-order valence-electron chi connectivity index (χ0n) is 11.2. The van der Waals surface area contributed by atoms with Crippen LogP contribution in [0.4, 0.5) is 5.69 Å². The lowest BCUT2D eigenvalue weighted by Crippen LogP contribution is -2.38. The Bertz CT molecular complexity index is 442. The van der Waals surface area contributed by atoms with Crippen LogP contribution in [0.15, 0.2) is 18.2 Å². The van der Waals surface area contributed by atoms with Crippen molar-refractivity contribution < 1.29 is 4.79 Å². The van der Waals surface area contributed by atoms with Gasteiger partial charge in [0, 0.05) is 17.3 Å². The van der Waals surface area contributed by atoms with Crippen molar-refractivity contribution in [3.05, 3.63) is 29.3 Å². The summed E-state index contributed by atoms with van der Waals surface area (Å²) in [5, 5.41) is 3.14. The van der Waals surface area contributed by atoms with E-state index >= 15 is 0 Å². The highest BCUT2D eigenvalue weighted by Crippen LogP contribution is 2.24. The highest BCUT2D eigenvalue weighted by atomic mass is 16.1. The van der Waals surface area contributed by atoms with E-state index in [0.717, 1.165) is 18.4 Å². The van der Waals surface area contributed by atoms with Crippen molar-refractivity contribution in [3.63, 3.8) is 0 Å². The van der Waals surface area contributed by atoms with E-state index in [0.29, 0.717) is 23.2 Å². The molecule has 0 saturated heterocycles. The highest BCUT2D eigenvalue weighted by molar-refractivity contribution is 5.96. The molecule has 0 spiro atoms. The maximum Gasteiger partial charge on any atom is 0.251 e. The summed E-state index contributed by atoms with van der Waals surface area (Å²) in [7, 11) is 0. The number of nitrogen functional groups attached to an aromatic ring is 1. The molecule has 0 bridgehead atoms. The van der Waals surface area contributed by atoms with Gasteiger partial charge >= 0.3 is 0 Å². The SMILES string of the molecule is Cc1ccc(N)cc1C(=O)NC1CCCC(C)C1. The second-order valence-corrected chi connectivity index (χ2v) is 5.52. The largest absolute Gasteiger partial charge is 0.399 e. The summed E-state index contributed by atoms with van der Waals surface area (Å²) in [6, 6.07) is 5.81. The smallest absolute Gasteiger partial charge is 0.251 e. The molecule has 3 N–H and O–H groups in total. The standard InChI is InChI=1S/C15H22N2O/c1-10-4-3-5-13(8-10)17-15(18)14-9-12(16)7-6-11(14)2/h6-7,9-10,13H,3-5,8,16H2,1-2H3,(H,17,18). The summed E-state index contributed by atoms with van der Waals surface area (Å²) >= 11 is 0. The van der Waals surface area contributed by atoms with E-state index in [-0.39, 0.29) is 5.91 Å². The number of carbonyl (C=O) groups is 1. The van der Waals surface area contributed by atoms with Crippen molar-refractivity contribution in [2.45, 2.75) is 45.6 Å². The minimum absolute atomic E-state index is 0.0129. The van der Waals surface area contributed by atoms with Crippen molar-refractivity contribution in [1.82, 2.24) is 5.32 Å². The van der Waals surface area contributed by atoms with Gasteiger partial charge in [0.15, 0.2) is 0 Å². The molecule has 0 aliphatic heterocycles. The Hall–Kier alpha value is -1.51. The number of anilines is 1.